The van der Waals surface area contributed by atoms with Crippen molar-refractivity contribution in [3.05, 3.63) is 39.4 Å². The van der Waals surface area contributed by atoms with Gasteiger partial charge in [-0.2, -0.15) is 0 Å². The van der Waals surface area contributed by atoms with Crippen molar-refractivity contribution >= 4 is 11.6 Å². The molecule has 0 bridgehead atoms. The molecule has 0 saturated carbocycles. The van der Waals surface area contributed by atoms with Crippen molar-refractivity contribution in [3.63, 3.8) is 0 Å². The van der Waals surface area contributed by atoms with Crippen molar-refractivity contribution in [2.75, 3.05) is 13.2 Å². The minimum absolute atomic E-state index is 0.106. The van der Waals surface area contributed by atoms with Crippen LogP contribution in [-0.4, -0.2) is 40.0 Å². The first kappa shape index (κ1) is 13.5. The second kappa shape index (κ2) is 5.36. The lowest BCUT2D eigenvalue weighted by Crippen LogP contribution is -2.38. The Morgan fingerprint density at radius 2 is 2.32 bits per heavy atom. The normalized spacial score (nSPS) is 18.6. The molecule has 1 aromatic rings. The van der Waals surface area contributed by atoms with E-state index in [2.05, 4.69) is 0 Å². The number of hydrogen-bond acceptors (Lipinski definition) is 4. The number of rotatable bonds is 3. The number of nitro groups is 1. The fourth-order valence-electron chi connectivity index (χ4n) is 2.52. The summed E-state index contributed by atoms with van der Waals surface area (Å²) in [5, 5.41) is 20.3. The van der Waals surface area contributed by atoms with Gasteiger partial charge in [-0.25, -0.2) is 0 Å². The van der Waals surface area contributed by atoms with Gasteiger partial charge < -0.3 is 10.0 Å². The molecule has 102 valence electrons. The van der Waals surface area contributed by atoms with Gasteiger partial charge in [0.15, 0.2) is 0 Å². The molecule has 1 fully saturated rings. The van der Waals surface area contributed by atoms with Crippen LogP contribution in [0, 0.1) is 17.0 Å². The molecule has 0 radical (unpaired) electrons. The Morgan fingerprint density at radius 3 is 2.95 bits per heavy atom. The van der Waals surface area contributed by atoms with E-state index >= 15 is 0 Å². The van der Waals surface area contributed by atoms with Gasteiger partial charge >= 0.3 is 0 Å². The zero-order valence-corrected chi connectivity index (χ0v) is 10.7. The van der Waals surface area contributed by atoms with Crippen molar-refractivity contribution in [1.82, 2.24) is 4.90 Å². The predicted octanol–water partition coefficient (Wildman–Crippen LogP) is 1.50. The zero-order chi connectivity index (χ0) is 14.0. The lowest BCUT2D eigenvalue weighted by molar-refractivity contribution is -0.385. The van der Waals surface area contributed by atoms with Gasteiger partial charge in [0.1, 0.15) is 5.56 Å². The standard InChI is InChI=1S/C13H16N2O4/c1-9-4-2-6-11(15(18)19)12(9)13(17)14-7-3-5-10(14)8-16/h2,4,6,10,16H,3,5,7-8H2,1H3. The molecule has 2 rings (SSSR count). The molecule has 6 heteroatoms. The number of nitro benzene ring substituents is 1. The van der Waals surface area contributed by atoms with E-state index in [1.807, 2.05) is 0 Å². The number of aliphatic hydroxyl groups excluding tert-OH is 1. The van der Waals surface area contributed by atoms with E-state index in [9.17, 15) is 20.0 Å². The van der Waals surface area contributed by atoms with Gasteiger partial charge in [0.2, 0.25) is 0 Å². The molecule has 1 aromatic carbocycles. The maximum absolute atomic E-state index is 12.5. The number of nitrogens with zero attached hydrogens (tertiary/aromatic N) is 2. The lowest BCUT2D eigenvalue weighted by Gasteiger charge is -2.23. The van der Waals surface area contributed by atoms with E-state index in [4.69, 9.17) is 0 Å². The highest BCUT2D eigenvalue weighted by Crippen LogP contribution is 2.27. The second-order valence-corrected chi connectivity index (χ2v) is 4.70. The largest absolute Gasteiger partial charge is 0.394 e. The van der Waals surface area contributed by atoms with E-state index in [0.29, 0.717) is 12.1 Å². The molecule has 1 N–H and O–H groups in total. The van der Waals surface area contributed by atoms with E-state index in [-0.39, 0.29) is 29.8 Å². The quantitative estimate of drug-likeness (QED) is 0.662. The molecular weight excluding hydrogens is 248 g/mol. The van der Waals surface area contributed by atoms with Gasteiger partial charge in [-0.15, -0.1) is 0 Å². The summed E-state index contributed by atoms with van der Waals surface area (Å²) in [7, 11) is 0. The fourth-order valence-corrected chi connectivity index (χ4v) is 2.52. The Bertz CT molecular complexity index is 515. The molecule has 1 aliphatic heterocycles. The first-order chi connectivity index (χ1) is 9.06. The second-order valence-electron chi connectivity index (χ2n) is 4.70. The first-order valence-electron chi connectivity index (χ1n) is 6.22. The van der Waals surface area contributed by atoms with Gasteiger partial charge in [-0.3, -0.25) is 14.9 Å². The third-order valence-corrected chi connectivity index (χ3v) is 3.51. The summed E-state index contributed by atoms with van der Waals surface area (Å²) >= 11 is 0. The predicted molar refractivity (Wildman–Crippen MR) is 69.0 cm³/mol. The van der Waals surface area contributed by atoms with Crippen LogP contribution in [0.3, 0.4) is 0 Å². The number of aryl methyl sites for hydroxylation is 1. The van der Waals surface area contributed by atoms with Gasteiger partial charge in [0.05, 0.1) is 17.6 Å². The van der Waals surface area contributed by atoms with Crippen molar-refractivity contribution < 1.29 is 14.8 Å². The minimum atomic E-state index is -0.537. The summed E-state index contributed by atoms with van der Waals surface area (Å²) in [4.78, 5) is 24.5. The molecule has 19 heavy (non-hydrogen) atoms. The molecule has 1 amide bonds. The fraction of sp³-hybridized carbons (Fsp3) is 0.462. The van der Waals surface area contributed by atoms with Crippen molar-refractivity contribution in [3.8, 4) is 0 Å². The SMILES string of the molecule is Cc1cccc([N+](=O)[O-])c1C(=O)N1CCCC1CO. The molecule has 1 atom stereocenters. The highest BCUT2D eigenvalue weighted by molar-refractivity contribution is 5.99. The highest BCUT2D eigenvalue weighted by Gasteiger charge is 2.33. The molecule has 1 heterocycles. The van der Waals surface area contributed by atoms with Crippen LogP contribution < -0.4 is 0 Å². The molecule has 0 spiro atoms. The first-order valence-corrected chi connectivity index (χ1v) is 6.22. The lowest BCUT2D eigenvalue weighted by atomic mass is 10.0. The van der Waals surface area contributed by atoms with Gasteiger partial charge in [0.25, 0.3) is 11.6 Å². The Morgan fingerprint density at radius 1 is 1.58 bits per heavy atom. The maximum atomic E-state index is 12.5. The van der Waals surface area contributed by atoms with Gasteiger partial charge in [-0.05, 0) is 25.3 Å². The van der Waals surface area contributed by atoms with Crippen molar-refractivity contribution in [2.24, 2.45) is 0 Å². The summed E-state index contributed by atoms with van der Waals surface area (Å²) in [6.45, 7) is 2.12. The average molecular weight is 264 g/mol. The van der Waals surface area contributed by atoms with Gasteiger partial charge in [0, 0.05) is 12.6 Å². The van der Waals surface area contributed by atoms with Crippen molar-refractivity contribution in [2.45, 2.75) is 25.8 Å². The van der Waals surface area contributed by atoms with Crippen LogP contribution in [0.1, 0.15) is 28.8 Å². The number of amides is 1. The average Bonchev–Trinajstić information content (AvgIpc) is 2.85. The Kier molecular flexibility index (Phi) is 3.80. The topological polar surface area (TPSA) is 83.7 Å². The molecular formula is C13H16N2O4. The molecule has 0 aromatic heterocycles. The summed E-state index contributed by atoms with van der Waals surface area (Å²) in [5.41, 5.74) is 0.546. The van der Waals surface area contributed by atoms with E-state index < -0.39 is 4.92 Å². The zero-order valence-electron chi connectivity index (χ0n) is 10.7. The van der Waals surface area contributed by atoms with Crippen LogP contribution in [0.15, 0.2) is 18.2 Å². The van der Waals surface area contributed by atoms with E-state index in [1.54, 1.807) is 19.1 Å². The summed E-state index contributed by atoms with van der Waals surface area (Å²) in [6, 6.07) is 4.36. The monoisotopic (exact) mass is 264 g/mol. The smallest absolute Gasteiger partial charge is 0.282 e. The number of carbonyl (C=O) groups excluding carboxylic acids is 1. The number of hydrogen-bond donors (Lipinski definition) is 1. The Balaban J connectivity index is 2.41. The molecule has 1 saturated heterocycles. The van der Waals surface area contributed by atoms with Crippen LogP contribution in [0.4, 0.5) is 5.69 Å². The number of carbonyl (C=O) groups is 1. The molecule has 0 aliphatic carbocycles. The third-order valence-electron chi connectivity index (χ3n) is 3.51. The molecule has 1 aliphatic rings. The highest BCUT2D eigenvalue weighted by atomic mass is 16.6. The summed E-state index contributed by atoms with van der Waals surface area (Å²) in [6.07, 6.45) is 1.55. The molecule has 1 unspecified atom stereocenters. The van der Waals surface area contributed by atoms with E-state index in [0.717, 1.165) is 12.8 Å². The Hall–Kier alpha value is -1.95. The van der Waals surface area contributed by atoms with Crippen LogP contribution >= 0.6 is 0 Å². The summed E-state index contributed by atoms with van der Waals surface area (Å²) < 4.78 is 0. The van der Waals surface area contributed by atoms with E-state index in [1.165, 1.54) is 11.0 Å². The minimum Gasteiger partial charge on any atom is -0.394 e. The maximum Gasteiger partial charge on any atom is 0.282 e. The number of aliphatic hydroxyl groups is 1. The Labute approximate surface area is 110 Å². The molecule has 6 nitrogen and oxygen atoms in total. The third kappa shape index (κ3) is 2.44. The van der Waals surface area contributed by atoms with Crippen LogP contribution in [0.5, 0.6) is 0 Å². The van der Waals surface area contributed by atoms with Crippen LogP contribution in [0.2, 0.25) is 0 Å². The summed E-state index contributed by atoms with van der Waals surface area (Å²) in [5.74, 6) is -0.360. The van der Waals surface area contributed by atoms with Gasteiger partial charge in [-0.1, -0.05) is 12.1 Å². The van der Waals surface area contributed by atoms with Crippen molar-refractivity contribution in [1.29, 1.82) is 0 Å². The van der Waals surface area contributed by atoms with Crippen LogP contribution in [-0.2, 0) is 0 Å². The number of likely N-dealkylation sites (tertiary alicyclic amines) is 1. The van der Waals surface area contributed by atoms with Crippen LogP contribution in [0.25, 0.3) is 0 Å². The number of benzene rings is 1.